The molecular formula is C19H22N2O2. The van der Waals surface area contributed by atoms with Crippen molar-refractivity contribution in [3.05, 3.63) is 65.2 Å². The monoisotopic (exact) mass is 310 g/mol. The minimum absolute atomic E-state index is 0.455. The zero-order chi connectivity index (χ0) is 16.3. The quantitative estimate of drug-likeness (QED) is 0.722. The maximum absolute atomic E-state index is 8.91. The van der Waals surface area contributed by atoms with Gasteiger partial charge in [0.1, 0.15) is 12.4 Å². The van der Waals surface area contributed by atoms with E-state index in [4.69, 9.17) is 14.7 Å². The predicted molar refractivity (Wildman–Crippen MR) is 90.1 cm³/mol. The second-order valence-corrected chi connectivity index (χ2v) is 5.12. The van der Waals surface area contributed by atoms with E-state index in [0.717, 1.165) is 37.6 Å². The first-order chi connectivity index (χ1) is 11.3. The summed E-state index contributed by atoms with van der Waals surface area (Å²) in [7, 11) is 0. The topological polar surface area (TPSA) is 54.3 Å². The molecule has 0 aromatic heterocycles. The van der Waals surface area contributed by atoms with Gasteiger partial charge in [-0.2, -0.15) is 5.26 Å². The molecule has 0 bridgehead atoms. The van der Waals surface area contributed by atoms with Crippen molar-refractivity contribution in [1.29, 1.82) is 5.26 Å². The lowest BCUT2D eigenvalue weighted by atomic mass is 10.1. The molecule has 0 amide bonds. The molecule has 0 aliphatic carbocycles. The Morgan fingerprint density at radius 2 is 1.91 bits per heavy atom. The lowest BCUT2D eigenvalue weighted by molar-refractivity contribution is 0.149. The van der Waals surface area contributed by atoms with Gasteiger partial charge < -0.3 is 14.8 Å². The summed E-state index contributed by atoms with van der Waals surface area (Å²) in [6, 6.07) is 17.6. The van der Waals surface area contributed by atoms with E-state index in [0.29, 0.717) is 12.2 Å². The summed E-state index contributed by atoms with van der Waals surface area (Å²) < 4.78 is 11.1. The Balaban J connectivity index is 1.83. The van der Waals surface area contributed by atoms with E-state index >= 15 is 0 Å². The number of nitrogens with one attached hydrogen (secondary N) is 1. The third-order valence-corrected chi connectivity index (χ3v) is 3.32. The van der Waals surface area contributed by atoms with Crippen LogP contribution in [0.1, 0.15) is 23.6 Å². The fourth-order valence-electron chi connectivity index (χ4n) is 2.16. The number of nitriles is 1. The summed E-state index contributed by atoms with van der Waals surface area (Å²) in [5.41, 5.74) is 2.81. The molecule has 2 aromatic rings. The summed E-state index contributed by atoms with van der Waals surface area (Å²) in [6.07, 6.45) is 0. The van der Waals surface area contributed by atoms with Crippen LogP contribution < -0.4 is 10.1 Å². The van der Waals surface area contributed by atoms with Crippen LogP contribution in [0.5, 0.6) is 5.75 Å². The van der Waals surface area contributed by atoms with Crippen LogP contribution in [0.25, 0.3) is 0 Å². The maximum atomic E-state index is 8.91. The third kappa shape index (κ3) is 6.11. The van der Waals surface area contributed by atoms with Gasteiger partial charge in [0.25, 0.3) is 0 Å². The van der Waals surface area contributed by atoms with Crippen molar-refractivity contribution in [3.8, 4) is 11.8 Å². The Bertz CT molecular complexity index is 650. The molecule has 0 heterocycles. The number of hydrogen-bond acceptors (Lipinski definition) is 4. The highest BCUT2D eigenvalue weighted by Crippen LogP contribution is 2.15. The van der Waals surface area contributed by atoms with Crippen molar-refractivity contribution in [2.24, 2.45) is 0 Å². The summed E-state index contributed by atoms with van der Waals surface area (Å²) in [5, 5.41) is 12.2. The van der Waals surface area contributed by atoms with E-state index in [2.05, 4.69) is 17.5 Å². The standard InChI is InChI=1S/C19H22N2O2/c1-2-22-10-9-21-14-17-6-4-8-19(12-17)23-15-18-7-3-5-16(11-18)13-20/h3-8,11-12,21H,2,9-10,14-15H2,1H3. The predicted octanol–water partition coefficient (Wildman–Crippen LogP) is 3.26. The van der Waals surface area contributed by atoms with Crippen LogP contribution in [-0.2, 0) is 17.9 Å². The van der Waals surface area contributed by atoms with Gasteiger partial charge in [-0.15, -0.1) is 0 Å². The molecule has 0 saturated heterocycles. The van der Waals surface area contributed by atoms with E-state index in [1.165, 1.54) is 5.56 Å². The van der Waals surface area contributed by atoms with Gasteiger partial charge in [-0.1, -0.05) is 24.3 Å². The Morgan fingerprint density at radius 3 is 2.74 bits per heavy atom. The molecule has 23 heavy (non-hydrogen) atoms. The minimum Gasteiger partial charge on any atom is -0.489 e. The van der Waals surface area contributed by atoms with Crippen molar-refractivity contribution in [3.63, 3.8) is 0 Å². The van der Waals surface area contributed by atoms with E-state index in [9.17, 15) is 0 Å². The lowest BCUT2D eigenvalue weighted by Gasteiger charge is -2.09. The van der Waals surface area contributed by atoms with Gasteiger partial charge in [0.15, 0.2) is 0 Å². The molecule has 0 unspecified atom stereocenters. The van der Waals surface area contributed by atoms with Gasteiger partial charge >= 0.3 is 0 Å². The molecule has 0 aliphatic rings. The van der Waals surface area contributed by atoms with Crippen LogP contribution in [0.2, 0.25) is 0 Å². The molecule has 0 fully saturated rings. The van der Waals surface area contributed by atoms with E-state index < -0.39 is 0 Å². The van der Waals surface area contributed by atoms with Crippen molar-refractivity contribution in [2.45, 2.75) is 20.1 Å². The number of rotatable bonds is 9. The van der Waals surface area contributed by atoms with Gasteiger partial charge in [-0.05, 0) is 42.3 Å². The molecule has 4 nitrogen and oxygen atoms in total. The SMILES string of the molecule is CCOCCNCc1cccc(OCc2cccc(C#N)c2)c1. The molecule has 0 aliphatic heterocycles. The second-order valence-electron chi connectivity index (χ2n) is 5.12. The van der Waals surface area contributed by atoms with E-state index in [1.807, 2.05) is 43.3 Å². The molecule has 0 atom stereocenters. The normalized spacial score (nSPS) is 10.3. The first-order valence-electron chi connectivity index (χ1n) is 7.81. The van der Waals surface area contributed by atoms with Gasteiger partial charge in [0, 0.05) is 19.7 Å². The Kier molecular flexibility index (Phi) is 7.12. The van der Waals surface area contributed by atoms with Crippen LogP contribution in [0.3, 0.4) is 0 Å². The Morgan fingerprint density at radius 1 is 1.09 bits per heavy atom. The van der Waals surface area contributed by atoms with Crippen LogP contribution >= 0.6 is 0 Å². The average molecular weight is 310 g/mol. The van der Waals surface area contributed by atoms with Crippen molar-refractivity contribution >= 4 is 0 Å². The zero-order valence-electron chi connectivity index (χ0n) is 13.4. The fraction of sp³-hybridized carbons (Fsp3) is 0.316. The lowest BCUT2D eigenvalue weighted by Crippen LogP contribution is -2.19. The largest absolute Gasteiger partial charge is 0.489 e. The molecule has 0 radical (unpaired) electrons. The molecule has 1 N–H and O–H groups in total. The van der Waals surface area contributed by atoms with Crippen molar-refractivity contribution in [2.75, 3.05) is 19.8 Å². The highest BCUT2D eigenvalue weighted by molar-refractivity contribution is 5.33. The van der Waals surface area contributed by atoms with Gasteiger partial charge in [0.2, 0.25) is 0 Å². The zero-order valence-corrected chi connectivity index (χ0v) is 13.4. The van der Waals surface area contributed by atoms with E-state index in [-0.39, 0.29) is 0 Å². The van der Waals surface area contributed by atoms with Crippen molar-refractivity contribution in [1.82, 2.24) is 5.32 Å². The summed E-state index contributed by atoms with van der Waals surface area (Å²) in [5.74, 6) is 0.830. The first-order valence-corrected chi connectivity index (χ1v) is 7.81. The summed E-state index contributed by atoms with van der Waals surface area (Å²) >= 11 is 0. The number of hydrogen-bond donors (Lipinski definition) is 1. The minimum atomic E-state index is 0.455. The van der Waals surface area contributed by atoms with Gasteiger partial charge in [-0.25, -0.2) is 0 Å². The number of nitrogens with zero attached hydrogens (tertiary/aromatic N) is 1. The molecule has 0 saturated carbocycles. The third-order valence-electron chi connectivity index (χ3n) is 3.32. The second kappa shape index (κ2) is 9.62. The fourth-order valence-corrected chi connectivity index (χ4v) is 2.16. The van der Waals surface area contributed by atoms with Crippen LogP contribution in [0.4, 0.5) is 0 Å². The first kappa shape index (κ1) is 17.0. The van der Waals surface area contributed by atoms with Crippen molar-refractivity contribution < 1.29 is 9.47 Å². The highest BCUT2D eigenvalue weighted by atomic mass is 16.5. The molecule has 4 heteroatoms. The molecule has 0 spiro atoms. The number of benzene rings is 2. The van der Waals surface area contributed by atoms with Gasteiger partial charge in [0.05, 0.1) is 18.2 Å². The van der Waals surface area contributed by atoms with Gasteiger partial charge in [-0.3, -0.25) is 0 Å². The average Bonchev–Trinajstić information content (AvgIpc) is 2.60. The summed E-state index contributed by atoms with van der Waals surface area (Å²) in [6.45, 7) is 5.54. The maximum Gasteiger partial charge on any atom is 0.120 e. The summed E-state index contributed by atoms with van der Waals surface area (Å²) in [4.78, 5) is 0. The molecule has 120 valence electrons. The molecule has 2 rings (SSSR count). The number of ether oxygens (including phenoxy) is 2. The Hall–Kier alpha value is -2.35. The van der Waals surface area contributed by atoms with Crippen LogP contribution in [-0.4, -0.2) is 19.8 Å². The molecular weight excluding hydrogens is 288 g/mol. The highest BCUT2D eigenvalue weighted by Gasteiger charge is 2.00. The smallest absolute Gasteiger partial charge is 0.120 e. The van der Waals surface area contributed by atoms with Crippen LogP contribution in [0.15, 0.2) is 48.5 Å². The Labute approximate surface area is 137 Å². The van der Waals surface area contributed by atoms with E-state index in [1.54, 1.807) is 6.07 Å². The van der Waals surface area contributed by atoms with Crippen LogP contribution in [0, 0.1) is 11.3 Å². The molecule has 2 aromatic carbocycles.